The van der Waals surface area contributed by atoms with Crippen molar-refractivity contribution < 1.29 is 24.2 Å². The second kappa shape index (κ2) is 10.7. The van der Waals surface area contributed by atoms with Crippen molar-refractivity contribution in [1.82, 2.24) is 29.7 Å². The number of benzene rings is 2. The largest absolute Gasteiger partial charge is 0.394 e. The number of fused-ring (bicyclic) bond motifs is 3. The van der Waals surface area contributed by atoms with Crippen molar-refractivity contribution >= 4 is 28.8 Å². The molecule has 2 saturated heterocycles. The predicted molar refractivity (Wildman–Crippen MR) is 156 cm³/mol. The number of hydrogen-bond acceptors (Lipinski definition) is 7. The smallest absolute Gasteiger partial charge is 0.250 e. The normalized spacial score (nSPS) is 29.1. The maximum atomic E-state index is 14.5. The number of para-hydroxylation sites is 1. The number of rotatable bonds is 7. The lowest BCUT2D eigenvalue weighted by Gasteiger charge is -2.38. The van der Waals surface area contributed by atoms with Gasteiger partial charge in [0.05, 0.1) is 36.1 Å². The molecule has 0 bridgehead atoms. The lowest BCUT2D eigenvalue weighted by molar-refractivity contribution is -0.152. The Balaban J connectivity index is 1.27. The number of amides is 3. The first-order chi connectivity index (χ1) is 21.0. The summed E-state index contributed by atoms with van der Waals surface area (Å²) in [5.74, 6) is -2.55. The zero-order chi connectivity index (χ0) is 29.7. The van der Waals surface area contributed by atoms with Gasteiger partial charge in [0.25, 0.3) is 5.91 Å². The zero-order valence-electron chi connectivity index (χ0n) is 23.9. The quantitative estimate of drug-likeness (QED) is 0.422. The molecule has 1 aromatic heterocycles. The number of aliphatic hydroxyl groups is 1. The monoisotopic (exact) mass is 582 g/mol. The van der Waals surface area contributed by atoms with E-state index in [1.165, 1.54) is 4.90 Å². The SMILES string of the molecule is CC[C@@H](CO)N1C(=O)[C@@H]2[C@H]3C(=O)N(Cc4ccccc4)CC=C[C@H]3O[C@@]23C=CCN(Cn2nnc4ccccc42)C(=O)C13. The molecule has 1 N–H and O–H groups in total. The fraction of sp³-hybridized carbons (Fsp3) is 0.406. The molecule has 3 aromatic rings. The zero-order valence-corrected chi connectivity index (χ0v) is 23.9. The molecule has 2 aromatic carbocycles. The Morgan fingerprint density at radius 3 is 2.53 bits per heavy atom. The minimum Gasteiger partial charge on any atom is -0.394 e. The van der Waals surface area contributed by atoms with Gasteiger partial charge < -0.3 is 24.5 Å². The molecule has 43 heavy (non-hydrogen) atoms. The maximum Gasteiger partial charge on any atom is 0.250 e. The molecule has 7 rings (SSSR count). The minimum atomic E-state index is -1.36. The molecule has 0 aliphatic carbocycles. The Kier molecular flexibility index (Phi) is 6.86. The summed E-state index contributed by atoms with van der Waals surface area (Å²) in [6.07, 6.45) is 7.22. The van der Waals surface area contributed by atoms with E-state index in [1.54, 1.807) is 14.5 Å². The van der Waals surface area contributed by atoms with Gasteiger partial charge in [0.15, 0.2) is 0 Å². The van der Waals surface area contributed by atoms with Crippen LogP contribution in [0.2, 0.25) is 0 Å². The van der Waals surface area contributed by atoms with Crippen molar-refractivity contribution in [1.29, 1.82) is 0 Å². The number of carbonyl (C=O) groups is 3. The summed E-state index contributed by atoms with van der Waals surface area (Å²) < 4.78 is 8.39. The molecule has 1 spiro atoms. The summed E-state index contributed by atoms with van der Waals surface area (Å²) in [6, 6.07) is 15.6. The van der Waals surface area contributed by atoms with Gasteiger partial charge in [-0.1, -0.05) is 78.9 Å². The number of likely N-dealkylation sites (tertiary alicyclic amines) is 1. The van der Waals surface area contributed by atoms with Gasteiger partial charge in [-0.05, 0) is 24.1 Å². The van der Waals surface area contributed by atoms with Gasteiger partial charge in [-0.25, -0.2) is 4.68 Å². The van der Waals surface area contributed by atoms with Crippen LogP contribution in [0.1, 0.15) is 18.9 Å². The molecular weight excluding hydrogens is 548 g/mol. The highest BCUT2D eigenvalue weighted by atomic mass is 16.5. The van der Waals surface area contributed by atoms with Gasteiger partial charge in [-0.2, -0.15) is 0 Å². The van der Waals surface area contributed by atoms with Crippen molar-refractivity contribution in [3.05, 3.63) is 84.5 Å². The van der Waals surface area contributed by atoms with Crippen molar-refractivity contribution in [2.45, 2.75) is 50.3 Å². The van der Waals surface area contributed by atoms with Gasteiger partial charge >= 0.3 is 0 Å². The van der Waals surface area contributed by atoms with E-state index in [9.17, 15) is 19.5 Å². The fourth-order valence-corrected chi connectivity index (χ4v) is 7.24. The minimum absolute atomic E-state index is 0.120. The Morgan fingerprint density at radius 2 is 1.74 bits per heavy atom. The molecule has 1 unspecified atom stereocenters. The molecule has 3 amide bonds. The number of hydrogen-bond donors (Lipinski definition) is 1. The van der Waals surface area contributed by atoms with Crippen LogP contribution >= 0.6 is 0 Å². The van der Waals surface area contributed by atoms with E-state index in [1.807, 2.05) is 85.8 Å². The third kappa shape index (κ3) is 4.29. The molecule has 4 aliphatic rings. The summed E-state index contributed by atoms with van der Waals surface area (Å²) in [5, 5.41) is 18.8. The van der Waals surface area contributed by atoms with Gasteiger partial charge in [0.1, 0.15) is 23.8 Å². The van der Waals surface area contributed by atoms with Crippen LogP contribution in [0.3, 0.4) is 0 Å². The van der Waals surface area contributed by atoms with Crippen LogP contribution in [0, 0.1) is 11.8 Å². The van der Waals surface area contributed by atoms with Crippen LogP contribution in [0.4, 0.5) is 0 Å². The molecule has 4 aliphatic heterocycles. The van der Waals surface area contributed by atoms with Crippen molar-refractivity contribution in [3.8, 4) is 0 Å². The molecule has 0 radical (unpaired) electrons. The highest BCUT2D eigenvalue weighted by molar-refractivity contribution is 6.00. The predicted octanol–water partition coefficient (Wildman–Crippen LogP) is 1.74. The summed E-state index contributed by atoms with van der Waals surface area (Å²) >= 11 is 0. The highest BCUT2D eigenvalue weighted by Crippen LogP contribution is 2.54. The topological polar surface area (TPSA) is 121 Å². The van der Waals surface area contributed by atoms with Gasteiger partial charge in [0.2, 0.25) is 11.8 Å². The summed E-state index contributed by atoms with van der Waals surface area (Å²) in [7, 11) is 0. The Morgan fingerprint density at radius 1 is 0.977 bits per heavy atom. The second-order valence-corrected chi connectivity index (χ2v) is 11.6. The van der Waals surface area contributed by atoms with Crippen LogP contribution in [0.25, 0.3) is 11.0 Å². The lowest BCUT2D eigenvalue weighted by atomic mass is 9.77. The van der Waals surface area contributed by atoms with Crippen LogP contribution in [-0.4, -0.2) is 96.0 Å². The van der Waals surface area contributed by atoms with E-state index in [2.05, 4.69) is 10.3 Å². The highest BCUT2D eigenvalue weighted by Gasteiger charge is 2.72. The number of ether oxygens (including phenoxy) is 1. The summed E-state index contributed by atoms with van der Waals surface area (Å²) in [6.45, 7) is 2.74. The van der Waals surface area contributed by atoms with E-state index in [-0.39, 0.29) is 37.5 Å². The molecular formula is C32H34N6O5. The number of nitrogens with zero attached hydrogens (tertiary/aromatic N) is 6. The third-order valence-electron chi connectivity index (χ3n) is 9.28. The van der Waals surface area contributed by atoms with Gasteiger partial charge in [-0.3, -0.25) is 14.4 Å². The van der Waals surface area contributed by atoms with E-state index < -0.39 is 35.6 Å². The number of carbonyl (C=O) groups excluding carboxylic acids is 3. The molecule has 11 heteroatoms. The first-order valence-corrected chi connectivity index (χ1v) is 14.8. The first-order valence-electron chi connectivity index (χ1n) is 14.8. The van der Waals surface area contributed by atoms with Crippen LogP contribution < -0.4 is 0 Å². The van der Waals surface area contributed by atoms with E-state index in [0.717, 1.165) is 11.1 Å². The van der Waals surface area contributed by atoms with Crippen molar-refractivity contribution in [2.75, 3.05) is 19.7 Å². The van der Waals surface area contributed by atoms with Gasteiger partial charge in [0, 0.05) is 19.6 Å². The number of aromatic nitrogens is 3. The van der Waals surface area contributed by atoms with Crippen LogP contribution in [0.15, 0.2) is 78.9 Å². The average molecular weight is 583 g/mol. The van der Waals surface area contributed by atoms with Crippen LogP contribution in [-0.2, 0) is 32.3 Å². The molecule has 0 saturated carbocycles. The average Bonchev–Trinajstić information content (AvgIpc) is 3.58. The maximum absolute atomic E-state index is 14.5. The molecule has 5 heterocycles. The summed E-state index contributed by atoms with van der Waals surface area (Å²) in [4.78, 5) is 48.1. The lowest BCUT2D eigenvalue weighted by Crippen LogP contribution is -2.58. The molecule has 222 valence electrons. The van der Waals surface area contributed by atoms with E-state index in [4.69, 9.17) is 4.74 Å². The summed E-state index contributed by atoms with van der Waals surface area (Å²) in [5.41, 5.74) is 1.12. The van der Waals surface area contributed by atoms with Crippen molar-refractivity contribution in [2.24, 2.45) is 11.8 Å². The second-order valence-electron chi connectivity index (χ2n) is 11.6. The number of aliphatic hydroxyl groups excluding tert-OH is 1. The Labute approximate surface area is 249 Å². The molecule has 2 fully saturated rings. The van der Waals surface area contributed by atoms with E-state index in [0.29, 0.717) is 25.0 Å². The molecule has 11 nitrogen and oxygen atoms in total. The fourth-order valence-electron chi connectivity index (χ4n) is 7.24. The Bertz CT molecular complexity index is 1620. The van der Waals surface area contributed by atoms with Crippen molar-refractivity contribution in [3.63, 3.8) is 0 Å². The third-order valence-corrected chi connectivity index (χ3v) is 9.28. The molecule has 6 atom stereocenters. The van der Waals surface area contributed by atoms with E-state index >= 15 is 0 Å². The Hall–Kier alpha value is -4.35. The van der Waals surface area contributed by atoms with Gasteiger partial charge in [-0.15, -0.1) is 5.10 Å². The van der Waals surface area contributed by atoms with Crippen LogP contribution in [0.5, 0.6) is 0 Å². The standard InChI is InChI=1S/C32H34N6O5/c1-2-22(19-39)38-28-31(42)36(20-37-24-13-7-6-12-23(24)33-34-37)17-9-15-32(28)27(30(38)41)26-25(43-32)14-8-16-35(29(26)40)18-21-10-4-3-5-11-21/h3-15,22,25-28,39H,2,16-20H2,1H3/t22-,25+,26-,27-,28?,32-/m0/s1. The first kappa shape index (κ1) is 27.5.